The van der Waals surface area contributed by atoms with Crippen molar-refractivity contribution < 1.29 is 0 Å². The first-order chi connectivity index (χ1) is 13.3. The molecule has 0 spiro atoms. The second-order valence-corrected chi connectivity index (χ2v) is 8.79. The maximum Gasteiger partial charge on any atom is 0.253 e. The van der Waals surface area contributed by atoms with Crippen molar-refractivity contribution in [2.75, 3.05) is 13.1 Å². The Bertz CT molecular complexity index is 1070. The van der Waals surface area contributed by atoms with E-state index in [9.17, 15) is 4.79 Å². The molecule has 0 amide bonds. The van der Waals surface area contributed by atoms with Gasteiger partial charge in [-0.3, -0.25) is 9.69 Å². The summed E-state index contributed by atoms with van der Waals surface area (Å²) in [7, 11) is 0. The van der Waals surface area contributed by atoms with Gasteiger partial charge in [0.25, 0.3) is 5.56 Å². The molecule has 7 nitrogen and oxygen atoms in total. The summed E-state index contributed by atoms with van der Waals surface area (Å²) in [5.74, 6) is 0.725. The monoisotopic (exact) mass is 380 g/mol. The van der Waals surface area contributed by atoms with Gasteiger partial charge in [-0.15, -0.1) is 5.10 Å². The van der Waals surface area contributed by atoms with Gasteiger partial charge in [0.05, 0.1) is 11.1 Å². The highest BCUT2D eigenvalue weighted by Gasteiger charge is 2.34. The fourth-order valence-electron chi connectivity index (χ4n) is 4.09. The van der Waals surface area contributed by atoms with Crippen LogP contribution in [0.2, 0.25) is 0 Å². The zero-order valence-electron chi connectivity index (χ0n) is 17.3. The molecule has 1 saturated heterocycles. The number of H-pyrrole nitrogens is 1. The van der Waals surface area contributed by atoms with Gasteiger partial charge >= 0.3 is 0 Å². The zero-order chi connectivity index (χ0) is 20.1. The first-order valence-electron chi connectivity index (χ1n) is 9.93. The highest BCUT2D eigenvalue weighted by Crippen LogP contribution is 2.32. The molecule has 2 aromatic heterocycles. The summed E-state index contributed by atoms with van der Waals surface area (Å²) in [4.78, 5) is 18.6. The molecule has 1 atom stereocenters. The Hall–Kier alpha value is -2.54. The molecule has 0 saturated carbocycles. The zero-order valence-corrected chi connectivity index (χ0v) is 17.3. The molecular formula is C21H28N6O. The van der Waals surface area contributed by atoms with E-state index in [1.54, 1.807) is 0 Å². The van der Waals surface area contributed by atoms with Gasteiger partial charge in [0, 0.05) is 5.56 Å². The van der Waals surface area contributed by atoms with Crippen LogP contribution in [0, 0.1) is 13.8 Å². The van der Waals surface area contributed by atoms with E-state index in [0.29, 0.717) is 5.56 Å². The molecule has 28 heavy (non-hydrogen) atoms. The molecule has 148 valence electrons. The second kappa shape index (κ2) is 6.81. The fourth-order valence-corrected chi connectivity index (χ4v) is 4.09. The lowest BCUT2D eigenvalue weighted by atomic mass is 9.99. The van der Waals surface area contributed by atoms with Crippen LogP contribution in [-0.2, 0) is 5.54 Å². The number of nitrogens with zero attached hydrogens (tertiary/aromatic N) is 5. The first kappa shape index (κ1) is 18.8. The van der Waals surface area contributed by atoms with Crippen LogP contribution in [0.25, 0.3) is 10.9 Å². The van der Waals surface area contributed by atoms with E-state index in [1.165, 1.54) is 5.56 Å². The Morgan fingerprint density at radius 1 is 1.14 bits per heavy atom. The van der Waals surface area contributed by atoms with Crippen LogP contribution >= 0.6 is 0 Å². The van der Waals surface area contributed by atoms with E-state index >= 15 is 0 Å². The van der Waals surface area contributed by atoms with Crippen molar-refractivity contribution in [2.45, 2.75) is 59.0 Å². The quantitative estimate of drug-likeness (QED) is 0.755. The molecule has 0 unspecified atom stereocenters. The van der Waals surface area contributed by atoms with Crippen LogP contribution in [0.1, 0.15) is 62.2 Å². The predicted molar refractivity (Wildman–Crippen MR) is 110 cm³/mol. The normalized spacial score (nSPS) is 16.8. The van der Waals surface area contributed by atoms with Crippen molar-refractivity contribution in [2.24, 2.45) is 0 Å². The van der Waals surface area contributed by atoms with Crippen molar-refractivity contribution in [1.29, 1.82) is 0 Å². The van der Waals surface area contributed by atoms with Crippen molar-refractivity contribution in [3.63, 3.8) is 0 Å². The van der Waals surface area contributed by atoms with Crippen LogP contribution < -0.4 is 5.56 Å². The largest absolute Gasteiger partial charge is 0.321 e. The van der Waals surface area contributed by atoms with Crippen LogP contribution in [0.4, 0.5) is 0 Å². The van der Waals surface area contributed by atoms with E-state index in [-0.39, 0.29) is 17.1 Å². The number of likely N-dealkylation sites (tertiary alicyclic amines) is 1. The minimum absolute atomic E-state index is 0.0680. The molecule has 1 aliphatic heterocycles. The van der Waals surface area contributed by atoms with E-state index in [4.69, 9.17) is 0 Å². The number of hydrogen-bond acceptors (Lipinski definition) is 5. The Labute approximate surface area is 164 Å². The molecule has 1 fully saturated rings. The molecule has 3 aromatic rings. The lowest BCUT2D eigenvalue weighted by molar-refractivity contribution is 0.241. The highest BCUT2D eigenvalue weighted by molar-refractivity contribution is 5.83. The topological polar surface area (TPSA) is 79.7 Å². The van der Waals surface area contributed by atoms with Gasteiger partial charge in [0.1, 0.15) is 6.04 Å². The second-order valence-electron chi connectivity index (χ2n) is 8.79. The fraction of sp³-hybridized carbons (Fsp3) is 0.524. The van der Waals surface area contributed by atoms with Crippen LogP contribution in [0.15, 0.2) is 23.0 Å². The number of nitrogens with one attached hydrogen (secondary N) is 1. The maximum absolute atomic E-state index is 13.2. The smallest absolute Gasteiger partial charge is 0.253 e. The third kappa shape index (κ3) is 3.13. The van der Waals surface area contributed by atoms with E-state index in [0.717, 1.165) is 48.2 Å². The number of benzene rings is 1. The molecular weight excluding hydrogens is 352 g/mol. The third-order valence-electron chi connectivity index (χ3n) is 5.75. The molecule has 0 aliphatic carbocycles. The average molecular weight is 380 g/mol. The Morgan fingerprint density at radius 3 is 2.54 bits per heavy atom. The minimum atomic E-state index is -0.270. The number of hydrogen-bond donors (Lipinski definition) is 1. The van der Waals surface area contributed by atoms with Gasteiger partial charge in [0.15, 0.2) is 5.82 Å². The number of pyridine rings is 1. The van der Waals surface area contributed by atoms with Crippen molar-refractivity contribution in [1.82, 2.24) is 30.1 Å². The molecule has 0 bridgehead atoms. The van der Waals surface area contributed by atoms with Gasteiger partial charge in [-0.05, 0) is 93.6 Å². The highest BCUT2D eigenvalue weighted by atomic mass is 16.1. The van der Waals surface area contributed by atoms with Gasteiger partial charge in [-0.1, -0.05) is 12.1 Å². The Morgan fingerprint density at radius 2 is 1.86 bits per heavy atom. The summed E-state index contributed by atoms with van der Waals surface area (Å²) in [5, 5.41) is 13.6. The summed E-state index contributed by atoms with van der Waals surface area (Å²) in [6.07, 6.45) is 2.24. The molecule has 1 aliphatic rings. The van der Waals surface area contributed by atoms with Gasteiger partial charge in [0.2, 0.25) is 0 Å². The summed E-state index contributed by atoms with van der Waals surface area (Å²) < 4.78 is 1.85. The number of rotatable bonds is 3. The summed E-state index contributed by atoms with van der Waals surface area (Å²) in [6, 6.07) is 5.94. The number of aryl methyl sites for hydroxylation is 2. The van der Waals surface area contributed by atoms with E-state index in [1.807, 2.05) is 17.7 Å². The van der Waals surface area contributed by atoms with E-state index in [2.05, 4.69) is 65.2 Å². The standard InChI is InChI=1S/C21H28N6O/c1-13-8-9-15-12-16(20(28)22-17(15)14(13)2)18(26-10-6-7-11-26)19-23-24-25-27(19)21(3,4)5/h8-9,12,18H,6-7,10-11H2,1-5H3,(H,22,28)/t18-/m0/s1. The van der Waals surface area contributed by atoms with Crippen molar-refractivity contribution in [3.05, 3.63) is 51.1 Å². The number of aromatic nitrogens is 5. The van der Waals surface area contributed by atoms with Gasteiger partial charge < -0.3 is 4.98 Å². The van der Waals surface area contributed by atoms with Crippen molar-refractivity contribution >= 4 is 10.9 Å². The van der Waals surface area contributed by atoms with Crippen LogP contribution in [0.5, 0.6) is 0 Å². The molecule has 1 aromatic carbocycles. The summed E-state index contributed by atoms with van der Waals surface area (Å²) in [5.41, 5.74) is 3.56. The lowest BCUT2D eigenvalue weighted by Gasteiger charge is -2.29. The SMILES string of the molecule is Cc1ccc2cc([C@@H](c3nnnn3C(C)(C)C)N3CCCC3)c(=O)[nH]c2c1C. The Balaban J connectivity index is 1.94. The van der Waals surface area contributed by atoms with Crippen LogP contribution in [0.3, 0.4) is 0 Å². The molecule has 1 N–H and O–H groups in total. The number of tetrazole rings is 1. The summed E-state index contributed by atoms with van der Waals surface area (Å²) in [6.45, 7) is 12.2. The minimum Gasteiger partial charge on any atom is -0.321 e. The summed E-state index contributed by atoms with van der Waals surface area (Å²) >= 11 is 0. The molecule has 0 radical (unpaired) electrons. The Kier molecular flexibility index (Phi) is 4.57. The number of aromatic amines is 1. The maximum atomic E-state index is 13.2. The molecule has 3 heterocycles. The average Bonchev–Trinajstić information content (AvgIpc) is 3.32. The molecule has 7 heteroatoms. The van der Waals surface area contributed by atoms with Gasteiger partial charge in [-0.2, -0.15) is 0 Å². The predicted octanol–water partition coefficient (Wildman–Crippen LogP) is 3.07. The third-order valence-corrected chi connectivity index (χ3v) is 5.75. The lowest BCUT2D eigenvalue weighted by Crippen LogP contribution is -2.36. The number of fused-ring (bicyclic) bond motifs is 1. The van der Waals surface area contributed by atoms with Crippen LogP contribution in [-0.4, -0.2) is 43.2 Å². The van der Waals surface area contributed by atoms with E-state index < -0.39 is 0 Å². The molecule has 4 rings (SSSR count). The van der Waals surface area contributed by atoms with Gasteiger partial charge in [-0.25, -0.2) is 4.68 Å². The first-order valence-corrected chi connectivity index (χ1v) is 9.93. The van der Waals surface area contributed by atoms with Crippen molar-refractivity contribution in [3.8, 4) is 0 Å².